The summed E-state index contributed by atoms with van der Waals surface area (Å²) in [5, 5.41) is 9.22. The molecule has 6 nitrogen and oxygen atoms in total. The lowest BCUT2D eigenvalue weighted by molar-refractivity contribution is 0.00798. The molecule has 0 aromatic carbocycles. The van der Waals surface area contributed by atoms with Crippen LogP contribution < -0.4 is 0 Å². The van der Waals surface area contributed by atoms with Crippen molar-refractivity contribution in [1.29, 1.82) is 0 Å². The fourth-order valence-electron chi connectivity index (χ4n) is 2.33. The number of rotatable bonds is 3. The third-order valence-corrected chi connectivity index (χ3v) is 5.41. The van der Waals surface area contributed by atoms with Crippen molar-refractivity contribution in [3.05, 3.63) is 0 Å². The summed E-state index contributed by atoms with van der Waals surface area (Å²) in [7, 11) is -3.42. The van der Waals surface area contributed by atoms with Crippen molar-refractivity contribution >= 4 is 10.2 Å². The maximum atomic E-state index is 12.4. The van der Waals surface area contributed by atoms with Crippen molar-refractivity contribution in [3.8, 4) is 0 Å². The van der Waals surface area contributed by atoms with Crippen LogP contribution in [0, 0.1) is 0 Å². The van der Waals surface area contributed by atoms with E-state index in [-0.39, 0.29) is 13.2 Å². The topological polar surface area (TPSA) is 70.1 Å². The molecule has 1 N–H and O–H groups in total. The minimum atomic E-state index is -3.42. The maximum absolute atomic E-state index is 12.4. The molecule has 0 aliphatic carbocycles. The van der Waals surface area contributed by atoms with E-state index in [9.17, 15) is 13.5 Å². The quantitative estimate of drug-likeness (QED) is 0.740. The van der Waals surface area contributed by atoms with Gasteiger partial charge >= 0.3 is 0 Å². The second kappa shape index (κ2) is 5.62. The number of ether oxygens (including phenoxy) is 1. The smallest absolute Gasteiger partial charge is 0.282 e. The Labute approximate surface area is 102 Å². The Kier molecular flexibility index (Phi) is 4.37. The molecule has 0 spiro atoms. The summed E-state index contributed by atoms with van der Waals surface area (Å²) in [6.45, 7) is 2.03. The van der Waals surface area contributed by atoms with E-state index in [1.807, 2.05) is 0 Å². The molecule has 2 saturated heterocycles. The highest BCUT2D eigenvalue weighted by Crippen LogP contribution is 2.20. The highest BCUT2D eigenvalue weighted by molar-refractivity contribution is 7.86. The van der Waals surface area contributed by atoms with Gasteiger partial charge in [0.2, 0.25) is 0 Å². The molecule has 7 heteroatoms. The first-order valence-electron chi connectivity index (χ1n) is 6.12. The van der Waals surface area contributed by atoms with Crippen LogP contribution in [-0.4, -0.2) is 67.6 Å². The van der Waals surface area contributed by atoms with Gasteiger partial charge in [-0.3, -0.25) is 0 Å². The van der Waals surface area contributed by atoms with Crippen molar-refractivity contribution in [1.82, 2.24) is 8.61 Å². The Morgan fingerprint density at radius 3 is 2.53 bits per heavy atom. The third kappa shape index (κ3) is 2.79. The number of aliphatic hydroxyl groups excluding tert-OH is 1. The standard InChI is InChI=1S/C10H20N2O4S/c13-8-10-9-16-7-6-12(10)17(14,15)11-4-2-1-3-5-11/h10,13H,1-9H2. The number of piperidine rings is 1. The molecule has 0 radical (unpaired) electrons. The van der Waals surface area contributed by atoms with Gasteiger partial charge < -0.3 is 9.84 Å². The van der Waals surface area contributed by atoms with Gasteiger partial charge in [-0.25, -0.2) is 0 Å². The van der Waals surface area contributed by atoms with Crippen LogP contribution in [0.5, 0.6) is 0 Å². The van der Waals surface area contributed by atoms with Crippen LogP contribution in [0.15, 0.2) is 0 Å². The van der Waals surface area contributed by atoms with E-state index in [1.165, 1.54) is 8.61 Å². The molecule has 0 aromatic heterocycles. The molecule has 17 heavy (non-hydrogen) atoms. The Bertz CT molecular complexity index is 340. The fraction of sp³-hybridized carbons (Fsp3) is 1.00. The van der Waals surface area contributed by atoms with Crippen molar-refractivity contribution in [2.24, 2.45) is 0 Å². The molecule has 2 heterocycles. The molecular formula is C10H20N2O4S. The molecule has 2 aliphatic heterocycles. The van der Waals surface area contributed by atoms with Crippen molar-refractivity contribution < 1.29 is 18.3 Å². The molecule has 0 saturated carbocycles. The molecule has 2 aliphatic rings. The van der Waals surface area contributed by atoms with Gasteiger partial charge in [-0.1, -0.05) is 6.42 Å². The average molecular weight is 264 g/mol. The number of nitrogens with zero attached hydrogens (tertiary/aromatic N) is 2. The van der Waals surface area contributed by atoms with Crippen LogP contribution >= 0.6 is 0 Å². The van der Waals surface area contributed by atoms with Crippen LogP contribution in [0.1, 0.15) is 19.3 Å². The Balaban J connectivity index is 2.11. The molecule has 0 amide bonds. The first kappa shape index (κ1) is 13.2. The predicted molar refractivity (Wildman–Crippen MR) is 62.7 cm³/mol. The SMILES string of the molecule is O=S(=O)(N1CCCCC1)N1CCOCC1CO. The molecular weight excluding hydrogens is 244 g/mol. The zero-order valence-corrected chi connectivity index (χ0v) is 10.7. The van der Waals surface area contributed by atoms with E-state index in [0.717, 1.165) is 19.3 Å². The summed E-state index contributed by atoms with van der Waals surface area (Å²) in [5.41, 5.74) is 0. The van der Waals surface area contributed by atoms with Crippen molar-refractivity contribution in [3.63, 3.8) is 0 Å². The molecule has 0 bridgehead atoms. The monoisotopic (exact) mass is 264 g/mol. The van der Waals surface area contributed by atoms with Gasteiger partial charge in [-0.2, -0.15) is 17.0 Å². The predicted octanol–water partition coefficient (Wildman–Crippen LogP) is -0.590. The lowest BCUT2D eigenvalue weighted by Gasteiger charge is -2.38. The normalized spacial score (nSPS) is 29.4. The van der Waals surface area contributed by atoms with E-state index in [4.69, 9.17) is 4.74 Å². The highest BCUT2D eigenvalue weighted by atomic mass is 32.2. The first-order valence-corrected chi connectivity index (χ1v) is 7.51. The summed E-state index contributed by atoms with van der Waals surface area (Å²) in [6, 6.07) is -0.435. The van der Waals surface area contributed by atoms with E-state index < -0.39 is 16.3 Å². The second-order valence-electron chi connectivity index (χ2n) is 4.49. The van der Waals surface area contributed by atoms with E-state index >= 15 is 0 Å². The highest BCUT2D eigenvalue weighted by Gasteiger charge is 2.36. The lowest BCUT2D eigenvalue weighted by atomic mass is 10.2. The molecule has 2 rings (SSSR count). The van der Waals surface area contributed by atoms with Gasteiger partial charge in [0.1, 0.15) is 0 Å². The zero-order valence-electron chi connectivity index (χ0n) is 9.92. The van der Waals surface area contributed by atoms with Crippen LogP contribution in [0.3, 0.4) is 0 Å². The van der Waals surface area contributed by atoms with E-state index in [1.54, 1.807) is 0 Å². The Hall–Kier alpha value is -0.210. The Morgan fingerprint density at radius 1 is 1.18 bits per heavy atom. The molecule has 100 valence electrons. The van der Waals surface area contributed by atoms with Crippen LogP contribution in [0.4, 0.5) is 0 Å². The fourth-order valence-corrected chi connectivity index (χ4v) is 4.16. The van der Waals surface area contributed by atoms with Crippen LogP contribution in [0.25, 0.3) is 0 Å². The zero-order chi connectivity index (χ0) is 12.3. The molecule has 1 atom stereocenters. The van der Waals surface area contributed by atoms with Gasteiger partial charge in [-0.05, 0) is 12.8 Å². The number of hydrogen-bond acceptors (Lipinski definition) is 4. The van der Waals surface area contributed by atoms with Crippen LogP contribution in [-0.2, 0) is 14.9 Å². The van der Waals surface area contributed by atoms with Gasteiger partial charge in [0, 0.05) is 19.6 Å². The summed E-state index contributed by atoms with van der Waals surface area (Å²) in [6.07, 6.45) is 2.94. The van der Waals surface area contributed by atoms with Gasteiger partial charge in [0.25, 0.3) is 10.2 Å². The summed E-state index contributed by atoms with van der Waals surface area (Å²) in [4.78, 5) is 0. The summed E-state index contributed by atoms with van der Waals surface area (Å²) >= 11 is 0. The van der Waals surface area contributed by atoms with Crippen molar-refractivity contribution in [2.45, 2.75) is 25.3 Å². The number of aliphatic hydroxyl groups is 1. The lowest BCUT2D eigenvalue weighted by Crippen LogP contribution is -2.55. The largest absolute Gasteiger partial charge is 0.395 e. The summed E-state index contributed by atoms with van der Waals surface area (Å²) in [5.74, 6) is 0. The Morgan fingerprint density at radius 2 is 1.88 bits per heavy atom. The van der Waals surface area contributed by atoms with Crippen molar-refractivity contribution in [2.75, 3.05) is 39.5 Å². The average Bonchev–Trinajstić information content (AvgIpc) is 2.39. The molecule has 1 unspecified atom stereocenters. The minimum Gasteiger partial charge on any atom is -0.395 e. The summed E-state index contributed by atoms with van der Waals surface area (Å²) < 4.78 is 32.9. The first-order chi connectivity index (χ1) is 8.16. The maximum Gasteiger partial charge on any atom is 0.282 e. The number of hydrogen-bond donors (Lipinski definition) is 1. The van der Waals surface area contributed by atoms with E-state index in [0.29, 0.717) is 26.2 Å². The molecule has 2 fully saturated rings. The third-order valence-electron chi connectivity index (χ3n) is 3.32. The van der Waals surface area contributed by atoms with Crippen LogP contribution in [0.2, 0.25) is 0 Å². The molecule has 0 aromatic rings. The minimum absolute atomic E-state index is 0.187. The van der Waals surface area contributed by atoms with Gasteiger partial charge in [-0.15, -0.1) is 0 Å². The van der Waals surface area contributed by atoms with E-state index in [2.05, 4.69) is 0 Å². The van der Waals surface area contributed by atoms with Gasteiger partial charge in [0.05, 0.1) is 25.9 Å². The van der Waals surface area contributed by atoms with Gasteiger partial charge in [0.15, 0.2) is 0 Å². The number of morpholine rings is 1. The second-order valence-corrected chi connectivity index (χ2v) is 6.37.